The lowest BCUT2D eigenvalue weighted by molar-refractivity contribution is 0.669. The zero-order valence-corrected chi connectivity index (χ0v) is 38.0. The highest BCUT2D eigenvalue weighted by atomic mass is 16.3. The minimum atomic E-state index is 0.908. The Morgan fingerprint density at radius 3 is 1.01 bits per heavy atom. The highest BCUT2D eigenvalue weighted by molar-refractivity contribution is 6.11. The summed E-state index contributed by atoms with van der Waals surface area (Å²) >= 11 is 0. The summed E-state index contributed by atoms with van der Waals surface area (Å²) in [6.45, 7) is 0. The number of hydrogen-bond donors (Lipinski definition) is 0. The van der Waals surface area contributed by atoms with Crippen molar-refractivity contribution in [3.05, 3.63) is 255 Å². The lowest BCUT2D eigenvalue weighted by Crippen LogP contribution is -2.10. The van der Waals surface area contributed by atoms with Gasteiger partial charge < -0.3 is 18.3 Å². The van der Waals surface area contributed by atoms with Crippen LogP contribution in [0.3, 0.4) is 0 Å². The minimum absolute atomic E-state index is 0.908. The molecule has 0 unspecified atom stereocenters. The minimum Gasteiger partial charge on any atom is -0.455 e. The second kappa shape index (κ2) is 16.2. The van der Waals surface area contributed by atoms with E-state index in [1.807, 2.05) is 24.3 Å². The van der Waals surface area contributed by atoms with E-state index in [0.717, 1.165) is 111 Å². The van der Waals surface area contributed by atoms with Gasteiger partial charge >= 0.3 is 0 Å². The van der Waals surface area contributed by atoms with Crippen molar-refractivity contribution in [1.29, 1.82) is 0 Å². The van der Waals surface area contributed by atoms with Crippen LogP contribution in [0.4, 0.5) is 17.1 Å². The summed E-state index contributed by atoms with van der Waals surface area (Å²) in [5.74, 6) is 0. The smallest absolute Gasteiger partial charge is 0.143 e. The van der Waals surface area contributed by atoms with Crippen molar-refractivity contribution in [2.24, 2.45) is 0 Å². The zero-order chi connectivity index (χ0) is 46.1. The van der Waals surface area contributed by atoms with Crippen molar-refractivity contribution in [3.8, 4) is 50.2 Å². The van der Waals surface area contributed by atoms with Gasteiger partial charge in [-0.3, -0.25) is 0 Å². The van der Waals surface area contributed by atoms with Gasteiger partial charge in [0.2, 0.25) is 0 Å². The van der Waals surface area contributed by atoms with Gasteiger partial charge in [-0.25, -0.2) is 0 Å². The van der Waals surface area contributed by atoms with E-state index in [4.69, 9.17) is 8.83 Å². The number of anilines is 3. The van der Waals surface area contributed by atoms with Gasteiger partial charge in [0.05, 0.1) is 11.0 Å². The van der Waals surface area contributed by atoms with Crippen LogP contribution in [0.5, 0.6) is 0 Å². The van der Waals surface area contributed by atoms with E-state index >= 15 is 0 Å². The second-order valence-electron chi connectivity index (χ2n) is 18.0. The molecular formula is C66H42N2O2. The van der Waals surface area contributed by atoms with Gasteiger partial charge in [-0.1, -0.05) is 182 Å². The van der Waals surface area contributed by atoms with E-state index in [9.17, 15) is 0 Å². The summed E-state index contributed by atoms with van der Waals surface area (Å²) < 4.78 is 15.1. The summed E-state index contributed by atoms with van der Waals surface area (Å²) in [7, 11) is 0. The van der Waals surface area contributed by atoms with Gasteiger partial charge in [-0.05, 0) is 106 Å². The van der Waals surface area contributed by atoms with Crippen LogP contribution in [0, 0.1) is 0 Å². The van der Waals surface area contributed by atoms with Crippen LogP contribution in [-0.2, 0) is 0 Å². The number of benzene rings is 11. The van der Waals surface area contributed by atoms with Gasteiger partial charge in [0.1, 0.15) is 22.3 Å². The van der Waals surface area contributed by atoms with Crippen molar-refractivity contribution in [2.75, 3.05) is 4.90 Å². The molecule has 0 amide bonds. The predicted octanol–water partition coefficient (Wildman–Crippen LogP) is 18.7. The van der Waals surface area contributed by atoms with E-state index in [1.54, 1.807) is 0 Å². The summed E-state index contributed by atoms with van der Waals surface area (Å²) in [5.41, 5.74) is 19.4. The molecule has 0 aliphatic carbocycles. The lowest BCUT2D eigenvalue weighted by Gasteiger charge is -2.26. The van der Waals surface area contributed by atoms with Crippen molar-refractivity contribution in [3.63, 3.8) is 0 Å². The Labute approximate surface area is 404 Å². The number of hydrogen-bond acceptors (Lipinski definition) is 3. The fraction of sp³-hybridized carbons (Fsp3) is 0. The van der Waals surface area contributed by atoms with Crippen LogP contribution >= 0.6 is 0 Å². The second-order valence-corrected chi connectivity index (χ2v) is 18.0. The van der Waals surface area contributed by atoms with Crippen LogP contribution in [0.1, 0.15) is 0 Å². The van der Waals surface area contributed by atoms with E-state index in [1.165, 1.54) is 21.8 Å². The molecule has 0 bridgehead atoms. The van der Waals surface area contributed by atoms with Crippen LogP contribution in [0.15, 0.2) is 264 Å². The maximum Gasteiger partial charge on any atom is 0.143 e. The van der Waals surface area contributed by atoms with Crippen molar-refractivity contribution in [2.45, 2.75) is 0 Å². The summed E-state index contributed by atoms with van der Waals surface area (Å²) in [5, 5.41) is 7.05. The quantitative estimate of drug-likeness (QED) is 0.152. The average Bonchev–Trinajstić information content (AvgIpc) is 4.12. The monoisotopic (exact) mass is 894 g/mol. The third-order valence-electron chi connectivity index (χ3n) is 14.1. The Morgan fingerprint density at radius 2 is 0.586 bits per heavy atom. The first-order valence-corrected chi connectivity index (χ1v) is 23.8. The molecule has 11 aromatic carbocycles. The Hall–Kier alpha value is -9.38. The Balaban J connectivity index is 0.801. The highest BCUT2D eigenvalue weighted by Crippen LogP contribution is 2.41. The van der Waals surface area contributed by atoms with Gasteiger partial charge in [0, 0.05) is 66.2 Å². The van der Waals surface area contributed by atoms with Crippen molar-refractivity contribution >= 4 is 82.7 Å². The molecule has 14 aromatic rings. The molecule has 4 nitrogen and oxygen atoms in total. The largest absolute Gasteiger partial charge is 0.455 e. The molecule has 0 radical (unpaired) electrons. The van der Waals surface area contributed by atoms with Gasteiger partial charge in [0.15, 0.2) is 0 Å². The fourth-order valence-corrected chi connectivity index (χ4v) is 10.6. The first-order chi connectivity index (χ1) is 34.7. The number of para-hydroxylation sites is 6. The maximum absolute atomic E-state index is 6.38. The molecule has 14 rings (SSSR count). The molecule has 0 spiro atoms. The standard InChI is InChI=1S/C66H42N2O2/c1-5-19-61-55(11-1)56-12-2-6-20-62(56)68(61)52-41-39-51(40-42-52)67(49-35-31-45(32-36-49)43-23-27-47(28-24-43)53-15-9-17-59-57-13-3-7-21-63(57)69-65(53)59)50-37-33-46(34-38-50)44-25-29-48(30-26-44)54-16-10-18-60-58-14-4-8-22-64(58)70-66(54)60/h1-42H. The molecule has 328 valence electrons. The fourth-order valence-electron chi connectivity index (χ4n) is 10.6. The van der Waals surface area contributed by atoms with Crippen molar-refractivity contribution in [1.82, 2.24) is 4.57 Å². The van der Waals surface area contributed by atoms with E-state index in [-0.39, 0.29) is 0 Å². The molecule has 4 heteroatoms. The van der Waals surface area contributed by atoms with Crippen LogP contribution in [0.25, 0.3) is 116 Å². The van der Waals surface area contributed by atoms with Gasteiger partial charge in [-0.15, -0.1) is 0 Å². The Kier molecular flexibility index (Phi) is 9.17. The predicted molar refractivity (Wildman–Crippen MR) is 292 cm³/mol. The lowest BCUT2D eigenvalue weighted by atomic mass is 9.98. The molecule has 0 aliphatic rings. The van der Waals surface area contributed by atoms with Gasteiger partial charge in [0.25, 0.3) is 0 Å². The molecule has 0 atom stereocenters. The van der Waals surface area contributed by atoms with E-state index in [0.29, 0.717) is 0 Å². The molecule has 3 heterocycles. The summed E-state index contributed by atoms with van der Waals surface area (Å²) in [6, 6.07) is 91.1. The van der Waals surface area contributed by atoms with Crippen LogP contribution in [0.2, 0.25) is 0 Å². The normalized spacial score (nSPS) is 11.7. The molecule has 0 fully saturated rings. The highest BCUT2D eigenvalue weighted by Gasteiger charge is 2.18. The third-order valence-corrected chi connectivity index (χ3v) is 14.1. The molecule has 0 aliphatic heterocycles. The maximum atomic E-state index is 6.38. The molecule has 0 N–H and O–H groups in total. The van der Waals surface area contributed by atoms with E-state index in [2.05, 4.69) is 240 Å². The van der Waals surface area contributed by atoms with Crippen molar-refractivity contribution < 1.29 is 8.83 Å². The Morgan fingerprint density at radius 1 is 0.257 bits per heavy atom. The molecule has 0 saturated heterocycles. The first-order valence-electron chi connectivity index (χ1n) is 23.8. The number of fused-ring (bicyclic) bond motifs is 9. The third kappa shape index (κ3) is 6.53. The number of nitrogens with zero attached hydrogens (tertiary/aromatic N) is 2. The molecule has 70 heavy (non-hydrogen) atoms. The first kappa shape index (κ1) is 39.8. The molecule has 0 saturated carbocycles. The van der Waals surface area contributed by atoms with Crippen LogP contribution in [-0.4, -0.2) is 4.57 Å². The summed E-state index contributed by atoms with van der Waals surface area (Å²) in [6.07, 6.45) is 0. The number of rotatable bonds is 8. The number of aromatic nitrogens is 1. The SMILES string of the molecule is c1ccc2c(c1)oc1c(-c3ccc(-c4ccc(N(c5ccc(-c6ccc(-c7cccc8c7oc7ccccc78)cc6)cc5)c5ccc(-n6c7ccccc7c7ccccc76)cc5)cc4)cc3)cccc12. The van der Waals surface area contributed by atoms with E-state index < -0.39 is 0 Å². The van der Waals surface area contributed by atoms with Crippen LogP contribution < -0.4 is 4.90 Å². The number of furan rings is 2. The molecular weight excluding hydrogens is 853 g/mol. The molecule has 3 aromatic heterocycles. The summed E-state index contributed by atoms with van der Waals surface area (Å²) in [4.78, 5) is 2.34. The topological polar surface area (TPSA) is 34.5 Å². The zero-order valence-electron chi connectivity index (χ0n) is 38.0. The average molecular weight is 895 g/mol. The Bertz CT molecular complexity index is 4000. The van der Waals surface area contributed by atoms with Gasteiger partial charge in [-0.2, -0.15) is 0 Å².